The Morgan fingerprint density at radius 2 is 2.47 bits per heavy atom. The quantitative estimate of drug-likeness (QED) is 0.782. The van der Waals surface area contributed by atoms with Crippen molar-refractivity contribution in [3.8, 4) is 0 Å². The smallest absolute Gasteiger partial charge is 0.347 e. The van der Waals surface area contributed by atoms with Gasteiger partial charge < -0.3 is 15.7 Å². The first-order valence-electron chi connectivity index (χ1n) is 4.76. The number of nitrogen functional groups attached to an aromatic ring is 1. The van der Waals surface area contributed by atoms with Crippen LogP contribution in [0.4, 0.5) is 5.13 Å². The molecular weight excluding hydrogens is 214 g/mol. The molecule has 0 amide bonds. The Labute approximate surface area is 91.5 Å². The third-order valence-electron chi connectivity index (χ3n) is 2.64. The third kappa shape index (κ3) is 1.95. The average Bonchev–Trinajstić information content (AvgIpc) is 2.71. The molecule has 1 aromatic rings. The zero-order valence-corrected chi connectivity index (χ0v) is 9.25. The second-order valence-corrected chi connectivity index (χ2v) is 4.85. The topological polar surface area (TPSA) is 79.5 Å². The Kier molecular flexibility index (Phi) is 2.62. The molecule has 1 fully saturated rings. The van der Waals surface area contributed by atoms with Crippen molar-refractivity contribution >= 4 is 22.4 Å². The van der Waals surface area contributed by atoms with Crippen molar-refractivity contribution in [1.29, 1.82) is 0 Å². The van der Waals surface area contributed by atoms with Gasteiger partial charge in [-0.05, 0) is 20.0 Å². The van der Waals surface area contributed by atoms with Crippen LogP contribution in [0.25, 0.3) is 0 Å². The molecule has 1 atom stereocenters. The van der Waals surface area contributed by atoms with E-state index in [4.69, 9.17) is 10.8 Å². The molecule has 1 saturated heterocycles. The lowest BCUT2D eigenvalue weighted by Crippen LogP contribution is -2.14. The summed E-state index contributed by atoms with van der Waals surface area (Å²) in [7, 11) is 2.02. The van der Waals surface area contributed by atoms with Gasteiger partial charge >= 0.3 is 5.97 Å². The molecule has 15 heavy (non-hydrogen) atoms. The van der Waals surface area contributed by atoms with E-state index in [9.17, 15) is 4.79 Å². The van der Waals surface area contributed by atoms with Gasteiger partial charge in [0.1, 0.15) is 4.88 Å². The molecule has 82 valence electrons. The van der Waals surface area contributed by atoms with Gasteiger partial charge in [0.05, 0.1) is 5.69 Å². The lowest BCUT2D eigenvalue weighted by Gasteiger charge is -2.08. The van der Waals surface area contributed by atoms with Crippen LogP contribution in [0.15, 0.2) is 0 Å². The van der Waals surface area contributed by atoms with Gasteiger partial charge in [0.2, 0.25) is 0 Å². The summed E-state index contributed by atoms with van der Waals surface area (Å²) in [5, 5.41) is 9.35. The van der Waals surface area contributed by atoms with Crippen molar-refractivity contribution in [3.05, 3.63) is 10.6 Å². The highest BCUT2D eigenvalue weighted by molar-refractivity contribution is 7.17. The van der Waals surface area contributed by atoms with E-state index in [-0.39, 0.29) is 5.92 Å². The fraction of sp³-hybridized carbons (Fsp3) is 0.556. The molecule has 1 aromatic heterocycles. The molecule has 0 aliphatic carbocycles. The first-order chi connectivity index (χ1) is 7.08. The Hall–Kier alpha value is -1.14. The number of hydrogen-bond donors (Lipinski definition) is 2. The number of carbonyl (C=O) groups is 1. The van der Waals surface area contributed by atoms with E-state index in [1.165, 1.54) is 0 Å². The first kappa shape index (κ1) is 10.4. The molecule has 1 aliphatic rings. The van der Waals surface area contributed by atoms with Crippen molar-refractivity contribution in [2.45, 2.75) is 12.3 Å². The summed E-state index contributed by atoms with van der Waals surface area (Å²) in [5.41, 5.74) is 6.21. The van der Waals surface area contributed by atoms with Gasteiger partial charge in [-0.25, -0.2) is 9.78 Å². The van der Waals surface area contributed by atoms with E-state index in [1.54, 1.807) is 0 Å². The fourth-order valence-corrected chi connectivity index (χ4v) is 2.69. The number of anilines is 1. The van der Waals surface area contributed by atoms with Gasteiger partial charge in [0, 0.05) is 12.5 Å². The molecule has 0 saturated carbocycles. The number of likely N-dealkylation sites (N-methyl/N-ethyl adjacent to an activating group) is 1. The lowest BCUT2D eigenvalue weighted by atomic mass is 10.0. The molecule has 5 nitrogen and oxygen atoms in total. The minimum absolute atomic E-state index is 0.217. The largest absolute Gasteiger partial charge is 0.477 e. The number of carboxylic acids is 1. The van der Waals surface area contributed by atoms with Crippen molar-refractivity contribution in [2.24, 2.45) is 0 Å². The van der Waals surface area contributed by atoms with Gasteiger partial charge in [-0.1, -0.05) is 11.3 Å². The summed E-state index contributed by atoms with van der Waals surface area (Å²) >= 11 is 1.06. The minimum atomic E-state index is -0.922. The molecular formula is C9H13N3O2S. The van der Waals surface area contributed by atoms with Gasteiger partial charge in [0.25, 0.3) is 0 Å². The first-order valence-corrected chi connectivity index (χ1v) is 5.57. The molecule has 0 bridgehead atoms. The molecule has 0 aromatic carbocycles. The summed E-state index contributed by atoms with van der Waals surface area (Å²) in [5.74, 6) is -0.705. The summed E-state index contributed by atoms with van der Waals surface area (Å²) in [4.78, 5) is 17.6. The third-order valence-corrected chi connectivity index (χ3v) is 3.53. The van der Waals surface area contributed by atoms with Gasteiger partial charge in [-0.15, -0.1) is 0 Å². The monoisotopic (exact) mass is 227 g/mol. The fourth-order valence-electron chi connectivity index (χ4n) is 1.94. The van der Waals surface area contributed by atoms with E-state index in [1.807, 2.05) is 7.05 Å². The summed E-state index contributed by atoms with van der Waals surface area (Å²) in [6.07, 6.45) is 0.958. The number of carboxylic acid groups (broad SMARTS) is 1. The van der Waals surface area contributed by atoms with E-state index in [2.05, 4.69) is 9.88 Å². The van der Waals surface area contributed by atoms with E-state index in [0.717, 1.165) is 30.8 Å². The SMILES string of the molecule is CN1CCC(c2nc(N)sc2C(=O)O)C1. The van der Waals surface area contributed by atoms with Crippen LogP contribution in [-0.2, 0) is 0 Å². The number of nitrogens with zero attached hydrogens (tertiary/aromatic N) is 2. The second-order valence-electron chi connectivity index (χ2n) is 3.82. The molecule has 0 spiro atoms. The highest BCUT2D eigenvalue weighted by Crippen LogP contribution is 2.32. The zero-order valence-electron chi connectivity index (χ0n) is 8.43. The maximum absolute atomic E-state index is 11.0. The van der Waals surface area contributed by atoms with Crippen molar-refractivity contribution in [3.63, 3.8) is 0 Å². The van der Waals surface area contributed by atoms with Gasteiger partial charge in [0.15, 0.2) is 5.13 Å². The predicted octanol–water partition coefficient (Wildman–Crippen LogP) is 0.843. The number of aromatic carboxylic acids is 1. The molecule has 2 rings (SSSR count). The van der Waals surface area contributed by atoms with E-state index < -0.39 is 5.97 Å². The van der Waals surface area contributed by atoms with Crippen LogP contribution >= 0.6 is 11.3 Å². The summed E-state index contributed by atoms with van der Waals surface area (Å²) < 4.78 is 0. The lowest BCUT2D eigenvalue weighted by molar-refractivity contribution is 0.0700. The highest BCUT2D eigenvalue weighted by Gasteiger charge is 2.28. The number of likely N-dealkylation sites (tertiary alicyclic amines) is 1. The van der Waals surface area contributed by atoms with Gasteiger partial charge in [-0.2, -0.15) is 0 Å². The number of nitrogens with two attached hydrogens (primary N) is 1. The Bertz CT molecular complexity index is 391. The Morgan fingerprint density at radius 1 is 1.73 bits per heavy atom. The number of hydrogen-bond acceptors (Lipinski definition) is 5. The Morgan fingerprint density at radius 3 is 3.00 bits per heavy atom. The molecule has 1 aliphatic heterocycles. The normalized spacial score (nSPS) is 22.1. The maximum atomic E-state index is 11.0. The Balaban J connectivity index is 2.30. The van der Waals surface area contributed by atoms with Crippen LogP contribution in [0.1, 0.15) is 27.7 Å². The average molecular weight is 227 g/mol. The zero-order chi connectivity index (χ0) is 11.0. The predicted molar refractivity (Wildman–Crippen MR) is 58.3 cm³/mol. The number of thiazole rings is 1. The highest BCUT2D eigenvalue weighted by atomic mass is 32.1. The van der Waals surface area contributed by atoms with Crippen molar-refractivity contribution in [1.82, 2.24) is 9.88 Å². The summed E-state index contributed by atoms with van der Waals surface area (Å²) in [6.45, 7) is 1.85. The summed E-state index contributed by atoms with van der Waals surface area (Å²) in [6, 6.07) is 0. The van der Waals surface area contributed by atoms with E-state index >= 15 is 0 Å². The van der Waals surface area contributed by atoms with Crippen molar-refractivity contribution in [2.75, 3.05) is 25.9 Å². The standard InChI is InChI=1S/C9H13N3O2S/c1-12-3-2-5(4-12)6-7(8(13)14)15-9(10)11-6/h5H,2-4H2,1H3,(H2,10,11)(H,13,14). The molecule has 2 heterocycles. The number of aromatic nitrogens is 1. The molecule has 1 unspecified atom stereocenters. The maximum Gasteiger partial charge on any atom is 0.347 e. The number of rotatable bonds is 2. The van der Waals surface area contributed by atoms with Crippen LogP contribution < -0.4 is 5.73 Å². The van der Waals surface area contributed by atoms with Crippen LogP contribution in [-0.4, -0.2) is 41.1 Å². The van der Waals surface area contributed by atoms with Crippen LogP contribution in [0, 0.1) is 0 Å². The minimum Gasteiger partial charge on any atom is -0.477 e. The van der Waals surface area contributed by atoms with Crippen LogP contribution in [0.3, 0.4) is 0 Å². The molecule has 3 N–H and O–H groups in total. The molecule has 0 radical (unpaired) electrons. The van der Waals surface area contributed by atoms with Crippen LogP contribution in [0.2, 0.25) is 0 Å². The van der Waals surface area contributed by atoms with Crippen LogP contribution in [0.5, 0.6) is 0 Å². The second kappa shape index (κ2) is 3.79. The molecule has 6 heteroatoms. The van der Waals surface area contributed by atoms with Crippen molar-refractivity contribution < 1.29 is 9.90 Å². The van der Waals surface area contributed by atoms with Gasteiger partial charge in [-0.3, -0.25) is 0 Å². The van der Waals surface area contributed by atoms with E-state index in [0.29, 0.717) is 15.7 Å².